The second-order valence-electron chi connectivity index (χ2n) is 27.7. The molecule has 0 aromatic heterocycles. The summed E-state index contributed by atoms with van der Waals surface area (Å²) in [5.74, 6) is -2.25. The molecule has 0 aliphatic heterocycles. The molecule has 0 spiro atoms. The average molecular weight is 1530 g/mol. The van der Waals surface area contributed by atoms with Crippen LogP contribution in [0.5, 0.6) is 0 Å². The summed E-state index contributed by atoms with van der Waals surface area (Å²) in [4.78, 5) is 73.1. The van der Waals surface area contributed by atoms with Crippen molar-refractivity contribution in [2.24, 2.45) is 0 Å². The highest BCUT2D eigenvalue weighted by Crippen LogP contribution is 2.45. The molecule has 610 valence electrons. The first-order chi connectivity index (χ1) is 51.7. The van der Waals surface area contributed by atoms with Gasteiger partial charge in [0.05, 0.1) is 26.4 Å². The van der Waals surface area contributed by atoms with Crippen molar-refractivity contribution >= 4 is 39.5 Å². The van der Waals surface area contributed by atoms with Gasteiger partial charge in [-0.2, -0.15) is 0 Å². The number of rotatable bonds is 78. The van der Waals surface area contributed by atoms with Gasteiger partial charge in [0.25, 0.3) is 0 Å². The third-order valence-corrected chi connectivity index (χ3v) is 19.3. The number of aliphatic hydroxyl groups excluding tert-OH is 1. The fourth-order valence-corrected chi connectivity index (χ4v) is 12.7. The molecule has 0 aromatic carbocycles. The highest BCUT2D eigenvalue weighted by atomic mass is 31.2. The van der Waals surface area contributed by atoms with Gasteiger partial charge in [0.1, 0.15) is 19.3 Å². The lowest BCUT2D eigenvalue weighted by molar-refractivity contribution is -0.161. The zero-order chi connectivity index (χ0) is 77.4. The van der Waals surface area contributed by atoms with Crippen LogP contribution in [-0.4, -0.2) is 96.7 Å². The second kappa shape index (κ2) is 78.6. The van der Waals surface area contributed by atoms with Crippen molar-refractivity contribution in [3.63, 3.8) is 0 Å². The fourth-order valence-electron chi connectivity index (χ4n) is 11.1. The minimum atomic E-state index is -5.00. The van der Waals surface area contributed by atoms with Crippen LogP contribution in [0.15, 0.2) is 122 Å². The predicted molar refractivity (Wildman–Crippen MR) is 436 cm³/mol. The number of phosphoric ester groups is 2. The van der Waals surface area contributed by atoms with Crippen LogP contribution in [0.25, 0.3) is 0 Å². The lowest BCUT2D eigenvalue weighted by Crippen LogP contribution is -2.30. The van der Waals surface area contributed by atoms with Crippen LogP contribution in [0.3, 0.4) is 0 Å². The van der Waals surface area contributed by atoms with Gasteiger partial charge in [-0.05, 0) is 128 Å². The topological polar surface area (TPSA) is 237 Å². The summed E-state index contributed by atoms with van der Waals surface area (Å²) in [6.07, 6.45) is 87.4. The fraction of sp³-hybridized carbons (Fsp3) is 0.724. The SMILES string of the molecule is CC/C=C\C/C=C\C/C=C\C/C=C\C/C=C\CCCC(=O)OC(COC(=O)CCCCCCCC/C=C\C/C=C\C/C=C\C/C=C\CC)COP(=O)(O)OCC(O)COP(=O)(O)OCC(COC(=O)CCCCCCC/C=C\CCCCCCCC)OC(=O)CCCCCCCCCCCCCCCCC. The first-order valence-electron chi connectivity index (χ1n) is 41.8. The Balaban J connectivity index is 5.42. The maximum atomic E-state index is 13.1. The molecule has 0 amide bonds. The van der Waals surface area contributed by atoms with Crippen LogP contribution in [0, 0.1) is 0 Å². The van der Waals surface area contributed by atoms with Gasteiger partial charge in [0.2, 0.25) is 0 Å². The molecular formula is C87H150O17P2. The number of hydrogen-bond acceptors (Lipinski definition) is 15. The molecule has 0 bridgehead atoms. The molecule has 0 saturated heterocycles. The van der Waals surface area contributed by atoms with E-state index in [-0.39, 0.29) is 25.7 Å². The minimum absolute atomic E-state index is 0.0111. The summed E-state index contributed by atoms with van der Waals surface area (Å²) in [5, 5.41) is 10.7. The van der Waals surface area contributed by atoms with Crippen molar-refractivity contribution < 1.29 is 80.2 Å². The molecule has 0 aromatic rings. The largest absolute Gasteiger partial charge is 0.472 e. The summed E-state index contributed by atoms with van der Waals surface area (Å²) in [6.45, 7) is 4.60. The molecular weight excluding hydrogens is 1380 g/mol. The van der Waals surface area contributed by atoms with Gasteiger partial charge < -0.3 is 33.8 Å². The molecule has 0 radical (unpaired) electrons. The monoisotopic (exact) mass is 1530 g/mol. The van der Waals surface area contributed by atoms with Crippen LogP contribution in [0.2, 0.25) is 0 Å². The van der Waals surface area contributed by atoms with Crippen LogP contribution < -0.4 is 0 Å². The van der Waals surface area contributed by atoms with Gasteiger partial charge in [0.15, 0.2) is 12.2 Å². The van der Waals surface area contributed by atoms with Gasteiger partial charge in [0, 0.05) is 25.7 Å². The predicted octanol–water partition coefficient (Wildman–Crippen LogP) is 24.7. The van der Waals surface area contributed by atoms with Crippen molar-refractivity contribution in [2.45, 2.75) is 367 Å². The zero-order valence-electron chi connectivity index (χ0n) is 66.8. The van der Waals surface area contributed by atoms with E-state index in [0.29, 0.717) is 32.1 Å². The third kappa shape index (κ3) is 77.6. The summed E-state index contributed by atoms with van der Waals surface area (Å²) >= 11 is 0. The van der Waals surface area contributed by atoms with Crippen molar-refractivity contribution in [1.82, 2.24) is 0 Å². The van der Waals surface area contributed by atoms with E-state index in [0.717, 1.165) is 161 Å². The van der Waals surface area contributed by atoms with Crippen LogP contribution >= 0.6 is 15.6 Å². The van der Waals surface area contributed by atoms with Crippen molar-refractivity contribution in [1.29, 1.82) is 0 Å². The lowest BCUT2D eigenvalue weighted by Gasteiger charge is -2.21. The highest BCUT2D eigenvalue weighted by Gasteiger charge is 2.30. The third-order valence-electron chi connectivity index (χ3n) is 17.4. The van der Waals surface area contributed by atoms with E-state index < -0.39 is 97.5 Å². The molecule has 19 heteroatoms. The highest BCUT2D eigenvalue weighted by molar-refractivity contribution is 7.47. The summed E-state index contributed by atoms with van der Waals surface area (Å²) in [5.41, 5.74) is 0. The lowest BCUT2D eigenvalue weighted by atomic mass is 10.0. The number of aliphatic hydroxyl groups is 1. The number of carbonyl (C=O) groups excluding carboxylic acids is 4. The number of esters is 4. The van der Waals surface area contributed by atoms with Crippen LogP contribution in [-0.2, 0) is 65.4 Å². The Morgan fingerprint density at radius 2 is 0.500 bits per heavy atom. The first kappa shape index (κ1) is 101. The van der Waals surface area contributed by atoms with E-state index in [4.69, 9.17) is 37.0 Å². The molecule has 0 fully saturated rings. The summed E-state index contributed by atoms with van der Waals surface area (Å²) in [7, 11) is -9.98. The molecule has 106 heavy (non-hydrogen) atoms. The molecule has 0 aliphatic carbocycles. The molecule has 0 saturated carbocycles. The first-order valence-corrected chi connectivity index (χ1v) is 44.8. The quantitative estimate of drug-likeness (QED) is 0.0169. The standard InChI is InChI=1S/C87H150O17P2/c1-5-9-13-17-21-25-29-33-37-39-40-42-45-48-52-56-60-64-68-72-85(90)98-78-83(104-87(92)74-70-66-62-58-54-50-46-41-38-34-30-26-22-18-14-10-6-2)80-102-106(95,96)100-76-81(88)75-99-105(93,94)101-79-82(103-86(91)73-69-65-61-57-53-49-44-36-32-28-24-20-16-12-8-4)77-97-84(89)71-67-63-59-55-51-47-43-35-31-27-23-19-15-11-7-3/h9-10,13-14,21-22,25-26,33-35,37-38,40,42-43,46,50,58,62,81-83,88H,5-8,11-12,15-20,23-24,27-32,36,39,41,44-45,47-49,51-57,59-61,63-80H2,1-4H3,(H,93,94)(H,95,96)/b13-9-,14-10-,25-21-,26-22-,37-33-,38-34-,42-40-,43-35-,50-46-,62-58-. The zero-order valence-corrected chi connectivity index (χ0v) is 68.6. The Kier molecular flexibility index (Phi) is 75.2. The normalized spacial score (nSPS) is 14.4. The molecule has 3 N–H and O–H groups in total. The smallest absolute Gasteiger partial charge is 0.462 e. The Hall–Kier alpha value is -4.54. The van der Waals surface area contributed by atoms with Gasteiger partial charge in [-0.1, -0.05) is 316 Å². The summed E-state index contributed by atoms with van der Waals surface area (Å²) < 4.78 is 68.7. The molecule has 17 nitrogen and oxygen atoms in total. The Morgan fingerprint density at radius 3 is 0.802 bits per heavy atom. The van der Waals surface area contributed by atoms with Gasteiger partial charge >= 0.3 is 39.5 Å². The Bertz CT molecular complexity index is 2480. The van der Waals surface area contributed by atoms with E-state index in [1.54, 1.807) is 0 Å². The van der Waals surface area contributed by atoms with E-state index in [9.17, 15) is 43.2 Å². The van der Waals surface area contributed by atoms with Crippen LogP contribution in [0.1, 0.15) is 349 Å². The molecule has 0 heterocycles. The van der Waals surface area contributed by atoms with E-state index in [1.807, 2.05) is 12.2 Å². The number of ether oxygens (including phenoxy) is 4. The van der Waals surface area contributed by atoms with Crippen molar-refractivity contribution in [2.75, 3.05) is 39.6 Å². The van der Waals surface area contributed by atoms with E-state index in [1.165, 1.54) is 103 Å². The van der Waals surface area contributed by atoms with E-state index >= 15 is 0 Å². The Morgan fingerprint density at radius 1 is 0.274 bits per heavy atom. The average Bonchev–Trinajstić information content (AvgIpc) is 0.907. The van der Waals surface area contributed by atoms with Gasteiger partial charge in [-0.3, -0.25) is 37.3 Å². The Labute approximate surface area is 644 Å². The number of unbranched alkanes of at least 4 members (excludes halogenated alkanes) is 32. The van der Waals surface area contributed by atoms with E-state index in [2.05, 4.69) is 137 Å². The van der Waals surface area contributed by atoms with Crippen molar-refractivity contribution in [3.05, 3.63) is 122 Å². The van der Waals surface area contributed by atoms with Crippen LogP contribution in [0.4, 0.5) is 0 Å². The maximum Gasteiger partial charge on any atom is 0.472 e. The number of phosphoric acid groups is 2. The second-order valence-corrected chi connectivity index (χ2v) is 30.6. The van der Waals surface area contributed by atoms with Gasteiger partial charge in [-0.25, -0.2) is 9.13 Å². The van der Waals surface area contributed by atoms with Crippen molar-refractivity contribution in [3.8, 4) is 0 Å². The number of carbonyl (C=O) groups is 4. The number of allylic oxidation sites excluding steroid dienone is 20. The molecule has 5 unspecified atom stereocenters. The summed E-state index contributed by atoms with van der Waals surface area (Å²) in [6, 6.07) is 0. The molecule has 5 atom stereocenters. The molecule has 0 aliphatic rings. The maximum absolute atomic E-state index is 13.1. The molecule has 0 rings (SSSR count). The van der Waals surface area contributed by atoms with Gasteiger partial charge in [-0.15, -0.1) is 0 Å². The minimum Gasteiger partial charge on any atom is -0.462 e. The number of hydrogen-bond donors (Lipinski definition) is 3.